The highest BCUT2D eigenvalue weighted by molar-refractivity contribution is 5.75. The Kier molecular flexibility index (Phi) is 6.67. The topological polar surface area (TPSA) is 0 Å². The molecule has 1 saturated carbocycles. The van der Waals surface area contributed by atoms with E-state index >= 15 is 0 Å². The number of halogens is 2. The lowest BCUT2D eigenvalue weighted by atomic mass is 9.73. The fourth-order valence-corrected chi connectivity index (χ4v) is 4.47. The molecular weight excluding hydrogens is 326 g/mol. The van der Waals surface area contributed by atoms with E-state index in [1.807, 2.05) is 6.08 Å². The number of benzene rings is 1. The summed E-state index contributed by atoms with van der Waals surface area (Å²) in [6.45, 7) is 4.46. The van der Waals surface area contributed by atoms with Gasteiger partial charge in [-0.2, -0.15) is 0 Å². The molecule has 1 aromatic rings. The molecule has 0 N–H and O–H groups in total. The van der Waals surface area contributed by atoms with Gasteiger partial charge in [0, 0.05) is 5.56 Å². The van der Waals surface area contributed by atoms with Gasteiger partial charge < -0.3 is 0 Å². The van der Waals surface area contributed by atoms with Gasteiger partial charge >= 0.3 is 0 Å². The van der Waals surface area contributed by atoms with E-state index < -0.39 is 11.6 Å². The maximum absolute atomic E-state index is 14.6. The van der Waals surface area contributed by atoms with Crippen LogP contribution in [0.15, 0.2) is 30.4 Å². The van der Waals surface area contributed by atoms with Gasteiger partial charge in [0.2, 0.25) is 0 Å². The molecule has 142 valence electrons. The summed E-state index contributed by atoms with van der Waals surface area (Å²) < 4.78 is 29.0. The van der Waals surface area contributed by atoms with Crippen molar-refractivity contribution in [2.45, 2.75) is 71.6 Å². The Morgan fingerprint density at radius 2 is 1.77 bits per heavy atom. The van der Waals surface area contributed by atoms with Crippen LogP contribution in [0.4, 0.5) is 8.78 Å². The Hall–Kier alpha value is -1.44. The van der Waals surface area contributed by atoms with E-state index in [2.05, 4.69) is 26.0 Å². The minimum atomic E-state index is -0.681. The molecule has 0 spiro atoms. The van der Waals surface area contributed by atoms with Gasteiger partial charge in [-0.1, -0.05) is 69.9 Å². The van der Waals surface area contributed by atoms with Crippen molar-refractivity contribution in [3.8, 4) is 0 Å². The monoisotopic (exact) mass is 358 g/mol. The van der Waals surface area contributed by atoms with Crippen LogP contribution in [0.2, 0.25) is 0 Å². The molecule has 2 heteroatoms. The van der Waals surface area contributed by atoms with Gasteiger partial charge in [0.15, 0.2) is 11.6 Å². The minimum Gasteiger partial charge on any atom is -0.203 e. The maximum atomic E-state index is 14.6. The lowest BCUT2D eigenvalue weighted by molar-refractivity contribution is 0.240. The molecule has 0 bridgehead atoms. The van der Waals surface area contributed by atoms with Crippen molar-refractivity contribution in [3.63, 3.8) is 0 Å². The first-order valence-corrected chi connectivity index (χ1v) is 10.5. The van der Waals surface area contributed by atoms with E-state index in [0.29, 0.717) is 23.5 Å². The molecule has 1 fully saturated rings. The lowest BCUT2D eigenvalue weighted by Gasteiger charge is -2.32. The molecule has 0 aromatic heterocycles. The molecule has 1 atom stereocenters. The quantitative estimate of drug-likeness (QED) is 0.462. The van der Waals surface area contributed by atoms with E-state index in [-0.39, 0.29) is 0 Å². The van der Waals surface area contributed by atoms with E-state index in [0.717, 1.165) is 43.1 Å². The van der Waals surface area contributed by atoms with Crippen molar-refractivity contribution in [1.82, 2.24) is 0 Å². The third-order valence-electron chi connectivity index (χ3n) is 6.32. The molecule has 0 radical (unpaired) electrons. The highest BCUT2D eigenvalue weighted by atomic mass is 19.2. The molecular formula is C24H32F2. The number of hydrogen-bond donors (Lipinski definition) is 0. The Bertz CT molecular complexity index is 663. The summed E-state index contributed by atoms with van der Waals surface area (Å²) >= 11 is 0. The second-order valence-corrected chi connectivity index (χ2v) is 8.30. The van der Waals surface area contributed by atoms with Crippen LogP contribution >= 0.6 is 0 Å². The van der Waals surface area contributed by atoms with Crippen LogP contribution in [0.25, 0.3) is 5.57 Å². The molecule has 1 unspecified atom stereocenters. The summed E-state index contributed by atoms with van der Waals surface area (Å²) in [5.74, 6) is 0.837. The van der Waals surface area contributed by atoms with Crippen LogP contribution in [-0.2, 0) is 6.42 Å². The largest absolute Gasteiger partial charge is 0.203 e. The van der Waals surface area contributed by atoms with E-state index in [9.17, 15) is 8.78 Å². The molecule has 2 aliphatic carbocycles. The minimum absolute atomic E-state index is 0.411. The van der Waals surface area contributed by atoms with Crippen molar-refractivity contribution in [2.24, 2.45) is 17.8 Å². The van der Waals surface area contributed by atoms with Gasteiger partial charge in [-0.05, 0) is 61.0 Å². The number of allylic oxidation sites excluding steroid dienone is 4. The second-order valence-electron chi connectivity index (χ2n) is 8.30. The predicted molar refractivity (Wildman–Crippen MR) is 106 cm³/mol. The summed E-state index contributed by atoms with van der Waals surface area (Å²) in [5.41, 5.74) is 1.75. The van der Waals surface area contributed by atoms with Crippen LogP contribution in [0.5, 0.6) is 0 Å². The Morgan fingerprint density at radius 1 is 1.00 bits per heavy atom. The van der Waals surface area contributed by atoms with Crippen LogP contribution in [-0.4, -0.2) is 0 Å². The average molecular weight is 359 g/mol. The van der Waals surface area contributed by atoms with Crippen molar-refractivity contribution in [3.05, 3.63) is 53.1 Å². The normalized spacial score (nSPS) is 26.0. The molecule has 0 saturated heterocycles. The van der Waals surface area contributed by atoms with Crippen molar-refractivity contribution >= 4 is 5.57 Å². The highest BCUT2D eigenvalue weighted by Crippen LogP contribution is 2.38. The summed E-state index contributed by atoms with van der Waals surface area (Å²) in [6.07, 6.45) is 16.2. The van der Waals surface area contributed by atoms with Gasteiger partial charge in [-0.3, -0.25) is 0 Å². The fraction of sp³-hybridized carbons (Fsp3) is 0.583. The van der Waals surface area contributed by atoms with Crippen molar-refractivity contribution in [2.75, 3.05) is 0 Å². The second kappa shape index (κ2) is 8.97. The summed E-state index contributed by atoms with van der Waals surface area (Å²) in [6, 6.07) is 3.53. The number of unbranched alkanes of at least 4 members (excludes halogenated alkanes) is 2. The molecule has 1 aromatic carbocycles. The zero-order valence-corrected chi connectivity index (χ0v) is 16.2. The first-order chi connectivity index (χ1) is 12.6. The van der Waals surface area contributed by atoms with Gasteiger partial charge in [0.05, 0.1) is 0 Å². The first kappa shape index (κ1) is 19.3. The Balaban J connectivity index is 1.66. The predicted octanol–water partition coefficient (Wildman–Crippen LogP) is 7.48. The van der Waals surface area contributed by atoms with E-state index in [1.165, 1.54) is 25.7 Å². The van der Waals surface area contributed by atoms with Gasteiger partial charge in [0.1, 0.15) is 0 Å². The van der Waals surface area contributed by atoms with Crippen LogP contribution in [0.1, 0.15) is 76.3 Å². The summed E-state index contributed by atoms with van der Waals surface area (Å²) in [7, 11) is 0. The van der Waals surface area contributed by atoms with Crippen LogP contribution < -0.4 is 0 Å². The third-order valence-corrected chi connectivity index (χ3v) is 6.32. The van der Waals surface area contributed by atoms with Crippen molar-refractivity contribution in [1.29, 1.82) is 0 Å². The van der Waals surface area contributed by atoms with Crippen molar-refractivity contribution < 1.29 is 8.78 Å². The number of aryl methyl sites for hydroxylation is 1. The molecule has 26 heavy (non-hydrogen) atoms. The maximum Gasteiger partial charge on any atom is 0.166 e. The number of hydrogen-bond acceptors (Lipinski definition) is 0. The Labute approximate surface area is 157 Å². The standard InChI is InChI=1S/C24H32F2/c1-3-4-5-6-21-15-16-22(24(26)23(21)25)20-13-11-19(12-14-20)18-9-7-17(2)8-10-18/h11,13-19H,3-10,12H2,1-2H3/t17-,18-,19?. The smallest absolute Gasteiger partial charge is 0.166 e. The lowest BCUT2D eigenvalue weighted by Crippen LogP contribution is -2.20. The fourth-order valence-electron chi connectivity index (χ4n) is 4.47. The van der Waals surface area contributed by atoms with E-state index in [4.69, 9.17) is 0 Å². The highest BCUT2D eigenvalue weighted by Gasteiger charge is 2.26. The summed E-state index contributed by atoms with van der Waals surface area (Å²) in [4.78, 5) is 0. The summed E-state index contributed by atoms with van der Waals surface area (Å²) in [5, 5.41) is 0. The van der Waals surface area contributed by atoms with Gasteiger partial charge in [-0.15, -0.1) is 0 Å². The third kappa shape index (κ3) is 4.45. The zero-order chi connectivity index (χ0) is 18.5. The first-order valence-electron chi connectivity index (χ1n) is 10.5. The SMILES string of the molecule is CCCCCc1ccc(C2=CCC([C@H]3CC[C@H](C)CC3)C=C2)c(F)c1F. The van der Waals surface area contributed by atoms with E-state index in [1.54, 1.807) is 12.1 Å². The molecule has 0 aliphatic heterocycles. The van der Waals surface area contributed by atoms with Gasteiger partial charge in [0.25, 0.3) is 0 Å². The zero-order valence-electron chi connectivity index (χ0n) is 16.2. The van der Waals surface area contributed by atoms with Crippen LogP contribution in [0.3, 0.4) is 0 Å². The molecule has 3 rings (SSSR count). The molecule has 2 aliphatic rings. The number of rotatable bonds is 6. The molecule has 0 nitrogen and oxygen atoms in total. The Morgan fingerprint density at radius 3 is 2.42 bits per heavy atom. The average Bonchev–Trinajstić information content (AvgIpc) is 2.66. The molecule has 0 heterocycles. The molecule has 0 amide bonds. The van der Waals surface area contributed by atoms with Gasteiger partial charge in [-0.25, -0.2) is 8.78 Å². The van der Waals surface area contributed by atoms with Crippen LogP contribution in [0, 0.1) is 29.4 Å².